The van der Waals surface area contributed by atoms with Gasteiger partial charge in [-0.15, -0.1) is 10.2 Å². The minimum absolute atomic E-state index is 0.0424. The van der Waals surface area contributed by atoms with Gasteiger partial charge in [-0.3, -0.25) is 9.59 Å². The summed E-state index contributed by atoms with van der Waals surface area (Å²) in [5, 5.41) is 13.3. The molecule has 0 bridgehead atoms. The molecule has 0 aliphatic heterocycles. The van der Waals surface area contributed by atoms with Crippen molar-refractivity contribution in [2.45, 2.75) is 12.1 Å². The molecule has 23 heavy (non-hydrogen) atoms. The van der Waals surface area contributed by atoms with E-state index in [2.05, 4.69) is 36.8 Å². The van der Waals surface area contributed by atoms with Gasteiger partial charge >= 0.3 is 0 Å². The van der Waals surface area contributed by atoms with Crippen LogP contribution >= 0.6 is 27.7 Å². The molecule has 0 atom stereocenters. The van der Waals surface area contributed by atoms with E-state index < -0.39 is 0 Å². The second kappa shape index (κ2) is 8.68. The Balaban J connectivity index is 1.84. The standard InChI is InChI=1S/C14H15BrN4O3S/c1-2-16-11(20)7-17-12(21)8-23-14-19-18-13(22-14)9-5-3-4-6-10(9)15/h3-6H,2,7-8H2,1H3,(H,16,20)(H,17,21). The normalized spacial score (nSPS) is 10.3. The van der Waals surface area contributed by atoms with Crippen LogP contribution in [-0.2, 0) is 9.59 Å². The lowest BCUT2D eigenvalue weighted by Crippen LogP contribution is -2.37. The molecule has 7 nitrogen and oxygen atoms in total. The summed E-state index contributed by atoms with van der Waals surface area (Å²) in [6, 6.07) is 7.48. The third-order valence-electron chi connectivity index (χ3n) is 2.66. The molecule has 1 aromatic carbocycles. The first-order valence-electron chi connectivity index (χ1n) is 6.84. The highest BCUT2D eigenvalue weighted by molar-refractivity contribution is 9.10. The lowest BCUT2D eigenvalue weighted by molar-refractivity contribution is -0.124. The molecule has 0 saturated carbocycles. The fourth-order valence-corrected chi connectivity index (χ4v) is 2.68. The number of carbonyl (C=O) groups is 2. The van der Waals surface area contributed by atoms with Crippen molar-refractivity contribution in [1.29, 1.82) is 0 Å². The van der Waals surface area contributed by atoms with Gasteiger partial charge in [0, 0.05) is 11.0 Å². The highest BCUT2D eigenvalue weighted by atomic mass is 79.9. The van der Waals surface area contributed by atoms with Crippen LogP contribution in [0.2, 0.25) is 0 Å². The molecule has 122 valence electrons. The van der Waals surface area contributed by atoms with E-state index in [0.29, 0.717) is 17.7 Å². The molecular formula is C14H15BrN4O3S. The van der Waals surface area contributed by atoms with Crippen LogP contribution < -0.4 is 10.6 Å². The Morgan fingerprint density at radius 2 is 2.00 bits per heavy atom. The zero-order valence-electron chi connectivity index (χ0n) is 12.3. The fraction of sp³-hybridized carbons (Fsp3) is 0.286. The molecule has 0 aliphatic carbocycles. The summed E-state index contributed by atoms with van der Waals surface area (Å²) in [5.41, 5.74) is 0.785. The second-order valence-corrected chi connectivity index (χ2v) is 6.15. The van der Waals surface area contributed by atoms with E-state index in [0.717, 1.165) is 21.8 Å². The lowest BCUT2D eigenvalue weighted by Gasteiger charge is -2.03. The van der Waals surface area contributed by atoms with Crippen molar-refractivity contribution in [2.24, 2.45) is 0 Å². The van der Waals surface area contributed by atoms with E-state index in [1.807, 2.05) is 31.2 Å². The number of carbonyl (C=O) groups excluding carboxylic acids is 2. The van der Waals surface area contributed by atoms with Gasteiger partial charge in [-0.05, 0) is 35.0 Å². The molecule has 0 radical (unpaired) electrons. The largest absolute Gasteiger partial charge is 0.411 e. The average molecular weight is 399 g/mol. The second-order valence-electron chi connectivity index (χ2n) is 4.37. The smallest absolute Gasteiger partial charge is 0.277 e. The van der Waals surface area contributed by atoms with Crippen LogP contribution in [0.15, 0.2) is 38.4 Å². The van der Waals surface area contributed by atoms with Crippen LogP contribution in [0.4, 0.5) is 0 Å². The number of halogens is 1. The molecule has 0 aliphatic rings. The molecule has 0 spiro atoms. The maximum atomic E-state index is 11.6. The molecule has 1 heterocycles. The van der Waals surface area contributed by atoms with Gasteiger partial charge in [-0.25, -0.2) is 0 Å². The first-order chi connectivity index (χ1) is 11.1. The number of aromatic nitrogens is 2. The zero-order chi connectivity index (χ0) is 16.7. The van der Waals surface area contributed by atoms with Gasteiger partial charge in [-0.2, -0.15) is 0 Å². The number of nitrogens with one attached hydrogen (secondary N) is 2. The molecule has 2 rings (SSSR count). The number of benzene rings is 1. The van der Waals surface area contributed by atoms with Gasteiger partial charge in [-0.1, -0.05) is 23.9 Å². The maximum Gasteiger partial charge on any atom is 0.277 e. The number of thioether (sulfide) groups is 1. The van der Waals surface area contributed by atoms with Gasteiger partial charge < -0.3 is 15.1 Å². The number of nitrogens with zero attached hydrogens (tertiary/aromatic N) is 2. The number of likely N-dealkylation sites (N-methyl/N-ethyl adjacent to an activating group) is 1. The number of hydrogen-bond acceptors (Lipinski definition) is 6. The minimum Gasteiger partial charge on any atom is -0.411 e. The monoisotopic (exact) mass is 398 g/mol. The van der Waals surface area contributed by atoms with Crippen molar-refractivity contribution in [3.63, 3.8) is 0 Å². The van der Waals surface area contributed by atoms with Gasteiger partial charge in [0.2, 0.25) is 17.7 Å². The molecule has 2 aromatic rings. The number of rotatable bonds is 7. The topological polar surface area (TPSA) is 97.1 Å². The van der Waals surface area contributed by atoms with E-state index in [9.17, 15) is 9.59 Å². The fourth-order valence-electron chi connectivity index (χ4n) is 1.63. The predicted octanol–water partition coefficient (Wildman–Crippen LogP) is 1.84. The Morgan fingerprint density at radius 3 is 2.74 bits per heavy atom. The molecule has 2 amide bonds. The number of amides is 2. The molecule has 0 saturated heterocycles. The Morgan fingerprint density at radius 1 is 1.22 bits per heavy atom. The van der Waals surface area contributed by atoms with E-state index in [1.54, 1.807) is 0 Å². The van der Waals surface area contributed by atoms with Crippen molar-refractivity contribution in [2.75, 3.05) is 18.8 Å². The SMILES string of the molecule is CCNC(=O)CNC(=O)CSc1nnc(-c2ccccc2Br)o1. The summed E-state index contributed by atoms with van der Waals surface area (Å²) in [6.45, 7) is 2.30. The maximum absolute atomic E-state index is 11.6. The Kier molecular flexibility index (Phi) is 6.60. The van der Waals surface area contributed by atoms with Crippen molar-refractivity contribution >= 4 is 39.5 Å². The van der Waals surface area contributed by atoms with E-state index in [-0.39, 0.29) is 24.1 Å². The summed E-state index contributed by atoms with van der Waals surface area (Å²) in [5.74, 6) is -0.0266. The first-order valence-corrected chi connectivity index (χ1v) is 8.62. The quantitative estimate of drug-likeness (QED) is 0.690. The average Bonchev–Trinajstić information content (AvgIpc) is 3.00. The van der Waals surface area contributed by atoms with Crippen LogP contribution in [0.1, 0.15) is 6.92 Å². The van der Waals surface area contributed by atoms with Crippen molar-refractivity contribution in [1.82, 2.24) is 20.8 Å². The Hall–Kier alpha value is -1.87. The van der Waals surface area contributed by atoms with Crippen LogP contribution in [0.25, 0.3) is 11.5 Å². The highest BCUT2D eigenvalue weighted by Gasteiger charge is 2.13. The lowest BCUT2D eigenvalue weighted by atomic mass is 10.2. The first kappa shape index (κ1) is 17.5. The number of hydrogen-bond donors (Lipinski definition) is 2. The van der Waals surface area contributed by atoms with Crippen LogP contribution in [-0.4, -0.2) is 40.9 Å². The highest BCUT2D eigenvalue weighted by Crippen LogP contribution is 2.28. The van der Waals surface area contributed by atoms with E-state index >= 15 is 0 Å². The molecule has 1 aromatic heterocycles. The van der Waals surface area contributed by atoms with Gasteiger partial charge in [0.05, 0.1) is 17.9 Å². The third kappa shape index (κ3) is 5.36. The van der Waals surface area contributed by atoms with E-state index in [1.165, 1.54) is 0 Å². The van der Waals surface area contributed by atoms with E-state index in [4.69, 9.17) is 4.42 Å². The summed E-state index contributed by atoms with van der Waals surface area (Å²) in [4.78, 5) is 22.9. The van der Waals surface area contributed by atoms with Crippen LogP contribution in [0.5, 0.6) is 0 Å². The van der Waals surface area contributed by atoms with Gasteiger partial charge in [0.1, 0.15) is 0 Å². The van der Waals surface area contributed by atoms with Crippen molar-refractivity contribution in [3.05, 3.63) is 28.7 Å². The van der Waals surface area contributed by atoms with Crippen LogP contribution in [0.3, 0.4) is 0 Å². The summed E-state index contributed by atoms with van der Waals surface area (Å²) < 4.78 is 6.36. The minimum atomic E-state index is -0.276. The Labute approximate surface area is 145 Å². The third-order valence-corrected chi connectivity index (χ3v) is 4.17. The molecule has 0 fully saturated rings. The summed E-state index contributed by atoms with van der Waals surface area (Å²) in [6.07, 6.45) is 0. The summed E-state index contributed by atoms with van der Waals surface area (Å²) in [7, 11) is 0. The van der Waals surface area contributed by atoms with Crippen molar-refractivity contribution in [3.8, 4) is 11.5 Å². The van der Waals surface area contributed by atoms with Gasteiger partial charge in [0.15, 0.2) is 0 Å². The molecule has 0 unspecified atom stereocenters. The van der Waals surface area contributed by atoms with Crippen LogP contribution in [0, 0.1) is 0 Å². The Bertz CT molecular complexity index is 692. The zero-order valence-corrected chi connectivity index (χ0v) is 14.7. The van der Waals surface area contributed by atoms with Crippen molar-refractivity contribution < 1.29 is 14.0 Å². The molecular weight excluding hydrogens is 384 g/mol. The van der Waals surface area contributed by atoms with Gasteiger partial charge in [0.25, 0.3) is 5.22 Å². The molecule has 2 N–H and O–H groups in total. The molecule has 9 heteroatoms. The predicted molar refractivity (Wildman–Crippen MR) is 89.9 cm³/mol. The summed E-state index contributed by atoms with van der Waals surface area (Å²) >= 11 is 4.53.